The van der Waals surface area contributed by atoms with Gasteiger partial charge in [-0.05, 0) is 44.7 Å². The van der Waals surface area contributed by atoms with Crippen LogP contribution in [0.2, 0.25) is 0 Å². The van der Waals surface area contributed by atoms with Gasteiger partial charge in [0.2, 0.25) is 5.91 Å². The van der Waals surface area contributed by atoms with Crippen molar-refractivity contribution in [3.8, 4) is 0 Å². The molecule has 5 nitrogen and oxygen atoms in total. The number of nitrogens with one attached hydrogen (secondary N) is 1. The van der Waals surface area contributed by atoms with Crippen molar-refractivity contribution >= 4 is 30.7 Å². The number of hydrogen-bond acceptors (Lipinski definition) is 3. The molecule has 22 heavy (non-hydrogen) atoms. The lowest BCUT2D eigenvalue weighted by molar-refractivity contribution is -0.134. The van der Waals surface area contributed by atoms with Gasteiger partial charge < -0.3 is 10.2 Å². The summed E-state index contributed by atoms with van der Waals surface area (Å²) in [6, 6.07) is 0. The Hall–Kier alpha value is -0.780. The average Bonchev–Trinajstić information content (AvgIpc) is 2.98. The first-order valence-corrected chi connectivity index (χ1v) is 7.62. The normalized spacial score (nSPS) is 21.6. The first kappa shape index (κ1) is 19.3. The van der Waals surface area contributed by atoms with Gasteiger partial charge in [0.05, 0.1) is 6.20 Å². The Bertz CT molecular complexity index is 499. The van der Waals surface area contributed by atoms with E-state index in [9.17, 15) is 4.79 Å². The second kappa shape index (κ2) is 7.66. The van der Waals surface area contributed by atoms with E-state index in [4.69, 9.17) is 0 Å². The van der Waals surface area contributed by atoms with Gasteiger partial charge in [0.25, 0.3) is 0 Å². The van der Waals surface area contributed by atoms with E-state index in [2.05, 4.69) is 17.3 Å². The summed E-state index contributed by atoms with van der Waals surface area (Å²) in [4.78, 5) is 14.7. The molecule has 1 aromatic heterocycles. The predicted octanol–water partition coefficient (Wildman–Crippen LogP) is 2.00. The molecule has 2 aliphatic rings. The summed E-state index contributed by atoms with van der Waals surface area (Å²) in [7, 11) is 1.91. The third-order valence-corrected chi connectivity index (χ3v) is 4.91. The predicted molar refractivity (Wildman–Crippen MR) is 91.4 cm³/mol. The zero-order valence-electron chi connectivity index (χ0n) is 13.2. The van der Waals surface area contributed by atoms with Crippen LogP contribution in [0.15, 0.2) is 12.4 Å². The number of piperidine rings is 1. The molecule has 0 bridgehead atoms. The van der Waals surface area contributed by atoms with Crippen LogP contribution >= 0.6 is 24.8 Å². The van der Waals surface area contributed by atoms with E-state index in [0.29, 0.717) is 17.9 Å². The van der Waals surface area contributed by atoms with Crippen molar-refractivity contribution in [1.29, 1.82) is 0 Å². The average molecular weight is 349 g/mol. The largest absolute Gasteiger partial charge is 0.338 e. The van der Waals surface area contributed by atoms with Crippen LogP contribution in [0.25, 0.3) is 0 Å². The fraction of sp³-hybridized carbons (Fsp3) is 0.733. The summed E-state index contributed by atoms with van der Waals surface area (Å²) in [6.07, 6.45) is 7.25. The zero-order valence-corrected chi connectivity index (χ0v) is 14.9. The van der Waals surface area contributed by atoms with E-state index >= 15 is 0 Å². The quantitative estimate of drug-likeness (QED) is 0.905. The van der Waals surface area contributed by atoms with Gasteiger partial charge in [0.15, 0.2) is 0 Å². The van der Waals surface area contributed by atoms with Crippen LogP contribution in [0, 0.1) is 11.3 Å². The highest BCUT2D eigenvalue weighted by Gasteiger charge is 2.58. The molecule has 1 aliphatic heterocycles. The molecule has 126 valence electrons. The van der Waals surface area contributed by atoms with Gasteiger partial charge in [-0.3, -0.25) is 9.48 Å². The Morgan fingerprint density at radius 3 is 2.68 bits per heavy atom. The Labute approximate surface area is 144 Å². The molecule has 1 aliphatic carbocycles. The number of carbonyl (C=O) groups excluding carboxylic acids is 1. The molecule has 1 unspecified atom stereocenters. The lowest BCUT2D eigenvalue weighted by Crippen LogP contribution is -2.36. The summed E-state index contributed by atoms with van der Waals surface area (Å²) in [5.74, 6) is 0.611. The van der Waals surface area contributed by atoms with E-state index in [1.807, 2.05) is 24.3 Å². The summed E-state index contributed by atoms with van der Waals surface area (Å²) < 4.78 is 1.79. The molecule has 1 N–H and O–H groups in total. The smallest absolute Gasteiger partial charge is 0.226 e. The molecule has 0 radical (unpaired) electrons. The molecule has 1 saturated heterocycles. The third kappa shape index (κ3) is 3.76. The molecule has 1 saturated carbocycles. The maximum absolute atomic E-state index is 12.7. The van der Waals surface area contributed by atoms with Crippen molar-refractivity contribution < 1.29 is 4.79 Å². The minimum absolute atomic E-state index is 0. The number of aryl methyl sites for hydroxylation is 1. The number of aromatic nitrogens is 2. The standard InChI is InChI=1S/C15H24N4O.2ClH/c1-3-19(11-12-9-17-18(2)10-12)14(20)13-8-15(13)4-6-16-7-5-15;;/h9-10,13,16H,3-8,11H2,1-2H3;2*1H. The molecular weight excluding hydrogens is 323 g/mol. The van der Waals surface area contributed by atoms with E-state index in [1.165, 1.54) is 0 Å². The number of hydrogen-bond donors (Lipinski definition) is 1. The van der Waals surface area contributed by atoms with Crippen LogP contribution in [0.1, 0.15) is 31.7 Å². The van der Waals surface area contributed by atoms with Gasteiger partial charge in [-0.25, -0.2) is 0 Å². The number of amides is 1. The van der Waals surface area contributed by atoms with Crippen LogP contribution < -0.4 is 5.32 Å². The van der Waals surface area contributed by atoms with Crippen LogP contribution in [-0.4, -0.2) is 40.2 Å². The second-order valence-electron chi connectivity index (χ2n) is 6.24. The number of nitrogens with zero attached hydrogens (tertiary/aromatic N) is 3. The SMILES string of the molecule is CCN(Cc1cnn(C)c1)C(=O)C1CC12CCNCC2.Cl.Cl. The molecular formula is C15H26Cl2N4O. The van der Waals surface area contributed by atoms with Crippen molar-refractivity contribution in [2.45, 2.75) is 32.7 Å². The van der Waals surface area contributed by atoms with Gasteiger partial charge in [-0.1, -0.05) is 0 Å². The summed E-state index contributed by atoms with van der Waals surface area (Å²) in [5.41, 5.74) is 1.44. The van der Waals surface area contributed by atoms with Crippen molar-refractivity contribution in [2.24, 2.45) is 18.4 Å². The Kier molecular flexibility index (Phi) is 6.71. The van der Waals surface area contributed by atoms with Crippen LogP contribution in [-0.2, 0) is 18.4 Å². The number of halogens is 2. The topological polar surface area (TPSA) is 50.2 Å². The van der Waals surface area contributed by atoms with Gasteiger partial charge in [-0.15, -0.1) is 24.8 Å². The second-order valence-corrected chi connectivity index (χ2v) is 6.24. The molecule has 1 aromatic rings. The van der Waals surface area contributed by atoms with Gasteiger partial charge >= 0.3 is 0 Å². The molecule has 3 rings (SSSR count). The van der Waals surface area contributed by atoms with Crippen LogP contribution in [0.4, 0.5) is 0 Å². The van der Waals surface area contributed by atoms with E-state index in [0.717, 1.165) is 44.5 Å². The third-order valence-electron chi connectivity index (χ3n) is 4.91. The lowest BCUT2D eigenvalue weighted by atomic mass is 9.91. The number of carbonyl (C=O) groups is 1. The van der Waals surface area contributed by atoms with Crippen molar-refractivity contribution in [3.05, 3.63) is 18.0 Å². The van der Waals surface area contributed by atoms with E-state index < -0.39 is 0 Å². The Morgan fingerprint density at radius 1 is 1.45 bits per heavy atom. The highest BCUT2D eigenvalue weighted by Crippen LogP contribution is 2.59. The van der Waals surface area contributed by atoms with E-state index in [-0.39, 0.29) is 30.7 Å². The fourth-order valence-corrected chi connectivity index (χ4v) is 3.51. The van der Waals surface area contributed by atoms with Crippen molar-refractivity contribution in [1.82, 2.24) is 20.0 Å². The molecule has 1 spiro atoms. The highest BCUT2D eigenvalue weighted by molar-refractivity contribution is 5.85. The summed E-state index contributed by atoms with van der Waals surface area (Å²) in [5, 5.41) is 7.57. The number of rotatable bonds is 4. The minimum atomic E-state index is 0. The minimum Gasteiger partial charge on any atom is -0.338 e. The Morgan fingerprint density at radius 2 is 2.14 bits per heavy atom. The Balaban J connectivity index is 0.00000121. The molecule has 1 amide bonds. The first-order chi connectivity index (χ1) is 9.64. The molecule has 0 aromatic carbocycles. The zero-order chi connectivity index (χ0) is 14.2. The van der Waals surface area contributed by atoms with Crippen LogP contribution in [0.3, 0.4) is 0 Å². The maximum Gasteiger partial charge on any atom is 0.226 e. The maximum atomic E-state index is 12.7. The molecule has 7 heteroatoms. The summed E-state index contributed by atoms with van der Waals surface area (Å²) in [6.45, 7) is 5.66. The van der Waals surface area contributed by atoms with Gasteiger partial charge in [-0.2, -0.15) is 5.10 Å². The van der Waals surface area contributed by atoms with Gasteiger partial charge in [0.1, 0.15) is 0 Å². The fourth-order valence-electron chi connectivity index (χ4n) is 3.51. The van der Waals surface area contributed by atoms with Crippen molar-refractivity contribution in [2.75, 3.05) is 19.6 Å². The van der Waals surface area contributed by atoms with Gasteiger partial charge in [0, 0.05) is 37.8 Å². The molecule has 2 fully saturated rings. The molecule has 2 heterocycles. The summed E-state index contributed by atoms with van der Waals surface area (Å²) >= 11 is 0. The van der Waals surface area contributed by atoms with E-state index in [1.54, 1.807) is 4.68 Å². The van der Waals surface area contributed by atoms with Crippen molar-refractivity contribution in [3.63, 3.8) is 0 Å². The first-order valence-electron chi connectivity index (χ1n) is 7.62. The van der Waals surface area contributed by atoms with Crippen LogP contribution in [0.5, 0.6) is 0 Å². The highest BCUT2D eigenvalue weighted by atomic mass is 35.5. The molecule has 1 atom stereocenters. The lowest BCUT2D eigenvalue weighted by Gasteiger charge is -2.26. The monoisotopic (exact) mass is 348 g/mol.